The molecule has 0 saturated heterocycles. The van der Waals surface area contributed by atoms with Gasteiger partial charge in [-0.15, -0.1) is 0 Å². The number of carbonyl (C=O) groups is 1. The van der Waals surface area contributed by atoms with Crippen LogP contribution in [0.3, 0.4) is 0 Å². The van der Waals surface area contributed by atoms with E-state index < -0.39 is 0 Å². The molecule has 2 N–H and O–H groups in total. The van der Waals surface area contributed by atoms with Gasteiger partial charge in [0.25, 0.3) is 0 Å². The van der Waals surface area contributed by atoms with Crippen LogP contribution in [0.2, 0.25) is 0 Å². The van der Waals surface area contributed by atoms with Gasteiger partial charge in [-0.1, -0.05) is 12.1 Å². The van der Waals surface area contributed by atoms with Crippen molar-refractivity contribution in [1.82, 2.24) is 4.98 Å². The SMILES string of the molecule is COc1ccccc1C(=O)c1ccc(N)nc1. The zero-order valence-electron chi connectivity index (χ0n) is 9.38. The average Bonchev–Trinajstić information content (AvgIpc) is 2.39. The van der Waals surface area contributed by atoms with E-state index in [1.807, 2.05) is 6.07 Å². The van der Waals surface area contributed by atoms with E-state index in [1.165, 1.54) is 13.3 Å². The summed E-state index contributed by atoms with van der Waals surface area (Å²) in [4.78, 5) is 16.1. The number of benzene rings is 1. The number of pyridine rings is 1. The van der Waals surface area contributed by atoms with Crippen LogP contribution in [0.25, 0.3) is 0 Å². The lowest BCUT2D eigenvalue weighted by Crippen LogP contribution is -2.04. The third-order valence-corrected chi connectivity index (χ3v) is 2.40. The molecule has 0 aliphatic heterocycles. The monoisotopic (exact) mass is 228 g/mol. The lowest BCUT2D eigenvalue weighted by molar-refractivity contribution is 0.103. The van der Waals surface area contributed by atoms with E-state index in [1.54, 1.807) is 30.3 Å². The Morgan fingerprint density at radius 3 is 2.65 bits per heavy atom. The number of aromatic nitrogens is 1. The molecule has 1 aromatic carbocycles. The van der Waals surface area contributed by atoms with Crippen LogP contribution >= 0.6 is 0 Å². The van der Waals surface area contributed by atoms with E-state index in [0.717, 1.165) is 0 Å². The first-order valence-electron chi connectivity index (χ1n) is 5.11. The lowest BCUT2D eigenvalue weighted by atomic mass is 10.0. The van der Waals surface area contributed by atoms with Crippen LogP contribution in [0.1, 0.15) is 15.9 Å². The van der Waals surface area contributed by atoms with Crippen LogP contribution in [-0.2, 0) is 0 Å². The Balaban J connectivity index is 2.40. The summed E-state index contributed by atoms with van der Waals surface area (Å²) in [6.45, 7) is 0. The van der Waals surface area contributed by atoms with E-state index in [0.29, 0.717) is 22.7 Å². The number of rotatable bonds is 3. The Bertz CT molecular complexity index is 535. The molecule has 0 saturated carbocycles. The largest absolute Gasteiger partial charge is 0.496 e. The van der Waals surface area contributed by atoms with Crippen molar-refractivity contribution in [3.8, 4) is 5.75 Å². The molecule has 86 valence electrons. The van der Waals surface area contributed by atoms with Crippen molar-refractivity contribution in [2.45, 2.75) is 0 Å². The van der Waals surface area contributed by atoms with E-state index in [4.69, 9.17) is 10.5 Å². The molecule has 0 bridgehead atoms. The van der Waals surface area contributed by atoms with Crippen LogP contribution in [0.15, 0.2) is 42.6 Å². The first-order valence-corrected chi connectivity index (χ1v) is 5.11. The highest BCUT2D eigenvalue weighted by atomic mass is 16.5. The molecule has 0 aliphatic rings. The number of hydrogen-bond donors (Lipinski definition) is 1. The summed E-state index contributed by atoms with van der Waals surface area (Å²) >= 11 is 0. The molecule has 0 atom stereocenters. The number of para-hydroxylation sites is 1. The van der Waals surface area contributed by atoms with Gasteiger partial charge in [0.15, 0.2) is 5.78 Å². The van der Waals surface area contributed by atoms with Crippen molar-refractivity contribution in [3.63, 3.8) is 0 Å². The second-order valence-electron chi connectivity index (χ2n) is 3.50. The second kappa shape index (κ2) is 4.65. The summed E-state index contributed by atoms with van der Waals surface area (Å²) in [5.74, 6) is 0.811. The number of ketones is 1. The minimum absolute atomic E-state index is 0.130. The maximum atomic E-state index is 12.2. The highest BCUT2D eigenvalue weighted by Gasteiger charge is 2.13. The van der Waals surface area contributed by atoms with Gasteiger partial charge in [-0.05, 0) is 24.3 Å². The molecule has 0 fully saturated rings. The first kappa shape index (κ1) is 11.1. The van der Waals surface area contributed by atoms with Gasteiger partial charge in [0.1, 0.15) is 11.6 Å². The van der Waals surface area contributed by atoms with Gasteiger partial charge in [0, 0.05) is 11.8 Å². The zero-order chi connectivity index (χ0) is 12.3. The Kier molecular flexibility index (Phi) is 3.05. The Morgan fingerprint density at radius 2 is 2.00 bits per heavy atom. The van der Waals surface area contributed by atoms with Gasteiger partial charge in [-0.25, -0.2) is 4.98 Å². The molecular formula is C13H12N2O2. The van der Waals surface area contributed by atoms with Crippen molar-refractivity contribution in [1.29, 1.82) is 0 Å². The fourth-order valence-corrected chi connectivity index (χ4v) is 1.53. The van der Waals surface area contributed by atoms with Gasteiger partial charge >= 0.3 is 0 Å². The summed E-state index contributed by atoms with van der Waals surface area (Å²) in [5, 5.41) is 0. The minimum Gasteiger partial charge on any atom is -0.496 e. The number of nitrogens with zero attached hydrogens (tertiary/aromatic N) is 1. The zero-order valence-corrected chi connectivity index (χ0v) is 9.38. The van der Waals surface area contributed by atoms with Crippen molar-refractivity contribution in [2.24, 2.45) is 0 Å². The predicted molar refractivity (Wildman–Crippen MR) is 65.1 cm³/mol. The fourth-order valence-electron chi connectivity index (χ4n) is 1.53. The van der Waals surface area contributed by atoms with Gasteiger partial charge in [-0.3, -0.25) is 4.79 Å². The highest BCUT2D eigenvalue weighted by molar-refractivity contribution is 6.10. The molecule has 1 heterocycles. The summed E-state index contributed by atoms with van der Waals surface area (Å²) in [6.07, 6.45) is 1.46. The van der Waals surface area contributed by atoms with Crippen LogP contribution in [0.4, 0.5) is 5.82 Å². The molecule has 0 spiro atoms. The van der Waals surface area contributed by atoms with E-state index in [-0.39, 0.29) is 5.78 Å². The topological polar surface area (TPSA) is 65.2 Å². The molecule has 0 amide bonds. The molecule has 17 heavy (non-hydrogen) atoms. The molecule has 0 aliphatic carbocycles. The lowest BCUT2D eigenvalue weighted by Gasteiger charge is -2.06. The molecule has 4 nitrogen and oxygen atoms in total. The number of nitrogen functional groups attached to an aromatic ring is 1. The Labute approximate surface area is 99.1 Å². The summed E-state index contributed by atoms with van der Waals surface area (Å²) < 4.78 is 5.15. The molecular weight excluding hydrogens is 216 g/mol. The molecule has 2 aromatic rings. The predicted octanol–water partition coefficient (Wildman–Crippen LogP) is 1.90. The summed E-state index contributed by atoms with van der Waals surface area (Å²) in [6, 6.07) is 10.3. The number of nitrogens with two attached hydrogens (primary N) is 1. The smallest absolute Gasteiger partial charge is 0.198 e. The normalized spacial score (nSPS) is 9.94. The standard InChI is InChI=1S/C13H12N2O2/c1-17-11-5-3-2-4-10(11)13(16)9-6-7-12(14)15-8-9/h2-8H,1H3,(H2,14,15). The van der Waals surface area contributed by atoms with Gasteiger partial charge < -0.3 is 10.5 Å². The van der Waals surface area contributed by atoms with Crippen molar-refractivity contribution < 1.29 is 9.53 Å². The van der Waals surface area contributed by atoms with Gasteiger partial charge in [0.05, 0.1) is 12.7 Å². The molecule has 1 aromatic heterocycles. The maximum Gasteiger partial charge on any atom is 0.198 e. The second-order valence-corrected chi connectivity index (χ2v) is 3.50. The van der Waals surface area contributed by atoms with Crippen LogP contribution in [0, 0.1) is 0 Å². The first-order chi connectivity index (χ1) is 8.22. The van der Waals surface area contributed by atoms with Crippen LogP contribution < -0.4 is 10.5 Å². The van der Waals surface area contributed by atoms with Crippen LogP contribution in [0.5, 0.6) is 5.75 Å². The Morgan fingerprint density at radius 1 is 1.24 bits per heavy atom. The third-order valence-electron chi connectivity index (χ3n) is 2.40. The quantitative estimate of drug-likeness (QED) is 0.815. The van der Waals surface area contributed by atoms with E-state index in [2.05, 4.69) is 4.98 Å². The average molecular weight is 228 g/mol. The number of methoxy groups -OCH3 is 1. The van der Waals surface area contributed by atoms with Crippen LogP contribution in [-0.4, -0.2) is 17.9 Å². The van der Waals surface area contributed by atoms with Gasteiger partial charge in [0.2, 0.25) is 0 Å². The van der Waals surface area contributed by atoms with E-state index in [9.17, 15) is 4.79 Å². The number of carbonyl (C=O) groups excluding carboxylic acids is 1. The third kappa shape index (κ3) is 2.25. The molecule has 2 rings (SSSR count). The van der Waals surface area contributed by atoms with Gasteiger partial charge in [-0.2, -0.15) is 0 Å². The maximum absolute atomic E-state index is 12.2. The number of anilines is 1. The molecule has 0 radical (unpaired) electrons. The summed E-state index contributed by atoms with van der Waals surface area (Å²) in [5.41, 5.74) is 6.48. The molecule has 0 unspecified atom stereocenters. The minimum atomic E-state index is -0.130. The van der Waals surface area contributed by atoms with Crippen molar-refractivity contribution >= 4 is 11.6 Å². The number of ether oxygens (including phenoxy) is 1. The molecule has 4 heteroatoms. The van der Waals surface area contributed by atoms with E-state index >= 15 is 0 Å². The van der Waals surface area contributed by atoms with Crippen molar-refractivity contribution in [3.05, 3.63) is 53.7 Å². The number of hydrogen-bond acceptors (Lipinski definition) is 4. The van der Waals surface area contributed by atoms with Crippen molar-refractivity contribution in [2.75, 3.05) is 12.8 Å². The Hall–Kier alpha value is -2.36. The highest BCUT2D eigenvalue weighted by Crippen LogP contribution is 2.20. The summed E-state index contributed by atoms with van der Waals surface area (Å²) in [7, 11) is 1.54. The fraction of sp³-hybridized carbons (Fsp3) is 0.0769.